The van der Waals surface area contributed by atoms with Crippen LogP contribution in [0, 0.1) is 0 Å². The van der Waals surface area contributed by atoms with E-state index in [-0.39, 0.29) is 5.28 Å². The maximum absolute atomic E-state index is 5.61. The lowest BCUT2D eigenvalue weighted by molar-refractivity contribution is 1.20. The van der Waals surface area contributed by atoms with Crippen LogP contribution < -0.4 is 0 Å². The van der Waals surface area contributed by atoms with Gasteiger partial charge in [0.2, 0.25) is 5.28 Å². The highest BCUT2D eigenvalue weighted by atomic mass is 79.9. The van der Waals surface area contributed by atoms with Crippen molar-refractivity contribution in [3.63, 3.8) is 0 Å². The zero-order valence-corrected chi connectivity index (χ0v) is 8.17. The van der Waals surface area contributed by atoms with Gasteiger partial charge in [-0.05, 0) is 27.5 Å². The van der Waals surface area contributed by atoms with Gasteiger partial charge in [0.25, 0.3) is 0 Å². The average molecular weight is 244 g/mol. The van der Waals surface area contributed by atoms with Crippen molar-refractivity contribution in [2.24, 2.45) is 0 Å². The summed E-state index contributed by atoms with van der Waals surface area (Å²) >= 11 is 8.94. The predicted molar refractivity (Wildman–Crippen MR) is 50.0 cm³/mol. The Morgan fingerprint density at radius 2 is 2.08 bits per heavy atom. The van der Waals surface area contributed by atoms with Gasteiger partial charge in [0.05, 0.1) is 11.7 Å². The van der Waals surface area contributed by atoms with Crippen LogP contribution in [-0.4, -0.2) is 15.0 Å². The lowest BCUT2D eigenvalue weighted by Crippen LogP contribution is -1.85. The predicted octanol–water partition coefficient (Wildman–Crippen LogP) is 2.44. The third kappa shape index (κ3) is 1.28. The fraction of sp³-hybridized carbons (Fsp3) is 0. The van der Waals surface area contributed by atoms with Crippen molar-refractivity contribution in [2.45, 2.75) is 0 Å². The Hall–Kier alpha value is -0.740. The summed E-state index contributed by atoms with van der Waals surface area (Å²) in [5.41, 5.74) is 0.740. The molecule has 3 nitrogen and oxygen atoms in total. The van der Waals surface area contributed by atoms with E-state index in [1.165, 1.54) is 0 Å². The normalized spacial score (nSPS) is 10.5. The van der Waals surface area contributed by atoms with Crippen molar-refractivity contribution in [2.75, 3.05) is 0 Å². The third-order valence-corrected chi connectivity index (χ3v) is 2.24. The minimum atomic E-state index is 0.238. The summed E-state index contributed by atoms with van der Waals surface area (Å²) in [6.45, 7) is 0. The minimum absolute atomic E-state index is 0.238. The van der Waals surface area contributed by atoms with Gasteiger partial charge in [-0.25, -0.2) is 9.97 Å². The fourth-order valence-electron chi connectivity index (χ4n) is 0.898. The van der Waals surface area contributed by atoms with E-state index in [9.17, 15) is 0 Å². The second-order valence-corrected chi connectivity index (χ2v) is 3.39. The van der Waals surface area contributed by atoms with Gasteiger partial charge in [-0.1, -0.05) is 0 Å². The van der Waals surface area contributed by atoms with Gasteiger partial charge in [-0.2, -0.15) is 0 Å². The highest BCUT2D eigenvalue weighted by Crippen LogP contribution is 2.20. The lowest BCUT2D eigenvalue weighted by Gasteiger charge is -1.97. The van der Waals surface area contributed by atoms with E-state index in [0.717, 1.165) is 15.4 Å². The Kier molecular flexibility index (Phi) is 1.94. The highest BCUT2D eigenvalue weighted by Gasteiger charge is 2.00. The molecule has 0 aromatic carbocycles. The molecule has 0 spiro atoms. The van der Waals surface area contributed by atoms with Gasteiger partial charge in [0.1, 0.15) is 0 Å². The molecule has 60 valence electrons. The Bertz CT molecular complexity index is 432. The van der Waals surface area contributed by atoms with Crippen LogP contribution in [0.25, 0.3) is 10.9 Å². The van der Waals surface area contributed by atoms with Crippen molar-refractivity contribution >= 4 is 38.4 Å². The molecule has 0 atom stereocenters. The maximum atomic E-state index is 5.61. The maximum Gasteiger partial charge on any atom is 0.222 e. The summed E-state index contributed by atoms with van der Waals surface area (Å²) in [6, 6.07) is 0. The second kappa shape index (κ2) is 2.95. The van der Waals surface area contributed by atoms with E-state index >= 15 is 0 Å². The Balaban J connectivity index is 2.86. The summed E-state index contributed by atoms with van der Waals surface area (Å²) < 4.78 is 0.872. The quantitative estimate of drug-likeness (QED) is 0.668. The Morgan fingerprint density at radius 3 is 2.92 bits per heavy atom. The molecule has 2 aromatic heterocycles. The molecule has 0 aliphatic carbocycles. The molecule has 0 saturated heterocycles. The topological polar surface area (TPSA) is 38.7 Å². The first kappa shape index (κ1) is 7.89. The first-order chi connectivity index (χ1) is 5.77. The number of nitrogens with zero attached hydrogens (tertiary/aromatic N) is 3. The highest BCUT2D eigenvalue weighted by molar-refractivity contribution is 9.10. The number of rotatable bonds is 0. The molecule has 0 aliphatic heterocycles. The van der Waals surface area contributed by atoms with E-state index in [0.29, 0.717) is 0 Å². The number of fused-ring (bicyclic) bond motifs is 1. The van der Waals surface area contributed by atoms with Gasteiger partial charge in [0, 0.05) is 22.3 Å². The molecule has 0 fully saturated rings. The fourth-order valence-corrected chi connectivity index (χ4v) is 1.46. The molecule has 0 bridgehead atoms. The van der Waals surface area contributed by atoms with Crippen LogP contribution in [0.5, 0.6) is 0 Å². The van der Waals surface area contributed by atoms with Crippen molar-refractivity contribution in [1.82, 2.24) is 15.0 Å². The average Bonchev–Trinajstić information content (AvgIpc) is 2.04. The third-order valence-electron chi connectivity index (χ3n) is 1.43. The molecule has 12 heavy (non-hydrogen) atoms. The number of hydrogen-bond donors (Lipinski definition) is 0. The SMILES string of the molecule is Clc1ncc2c(Br)cncc2n1. The van der Waals surface area contributed by atoms with Crippen molar-refractivity contribution in [3.8, 4) is 0 Å². The zero-order valence-electron chi connectivity index (χ0n) is 5.83. The van der Waals surface area contributed by atoms with Crippen LogP contribution in [0.3, 0.4) is 0 Å². The van der Waals surface area contributed by atoms with Crippen LogP contribution >= 0.6 is 27.5 Å². The minimum Gasteiger partial charge on any atom is -0.261 e. The molecule has 0 radical (unpaired) electrons. The van der Waals surface area contributed by atoms with Crippen molar-refractivity contribution in [3.05, 3.63) is 28.3 Å². The van der Waals surface area contributed by atoms with Crippen LogP contribution in [-0.2, 0) is 0 Å². The van der Waals surface area contributed by atoms with Gasteiger partial charge in [-0.15, -0.1) is 0 Å². The van der Waals surface area contributed by atoms with Crippen LogP contribution in [0.1, 0.15) is 0 Å². The van der Waals surface area contributed by atoms with E-state index < -0.39 is 0 Å². The van der Waals surface area contributed by atoms with Gasteiger partial charge < -0.3 is 0 Å². The standard InChI is InChI=1S/C7H3BrClN3/c8-5-2-10-3-6-4(5)1-11-7(9)12-6/h1-3H. The molecule has 0 aliphatic rings. The molecule has 2 rings (SSSR count). The molecule has 2 aromatic rings. The lowest BCUT2D eigenvalue weighted by atomic mass is 10.3. The van der Waals surface area contributed by atoms with Gasteiger partial charge in [-0.3, -0.25) is 4.98 Å². The van der Waals surface area contributed by atoms with Crippen LogP contribution in [0.4, 0.5) is 0 Å². The summed E-state index contributed by atoms with van der Waals surface area (Å²) in [5, 5.41) is 1.15. The molecule has 0 N–H and O–H groups in total. The summed E-state index contributed by atoms with van der Waals surface area (Å²) in [4.78, 5) is 11.8. The first-order valence-electron chi connectivity index (χ1n) is 3.19. The molecular weight excluding hydrogens is 241 g/mol. The zero-order chi connectivity index (χ0) is 8.55. The van der Waals surface area contributed by atoms with Crippen LogP contribution in [0.15, 0.2) is 23.1 Å². The molecule has 0 saturated carbocycles. The second-order valence-electron chi connectivity index (χ2n) is 2.19. The monoisotopic (exact) mass is 243 g/mol. The molecule has 2 heterocycles. The van der Waals surface area contributed by atoms with Gasteiger partial charge >= 0.3 is 0 Å². The number of aromatic nitrogens is 3. The summed E-state index contributed by atoms with van der Waals surface area (Å²) in [7, 11) is 0. The first-order valence-corrected chi connectivity index (χ1v) is 4.36. The van der Waals surface area contributed by atoms with E-state index in [4.69, 9.17) is 11.6 Å². The molecular formula is C7H3BrClN3. The number of pyridine rings is 1. The molecule has 0 amide bonds. The number of hydrogen-bond acceptors (Lipinski definition) is 3. The smallest absolute Gasteiger partial charge is 0.222 e. The van der Waals surface area contributed by atoms with Gasteiger partial charge in [0.15, 0.2) is 0 Å². The van der Waals surface area contributed by atoms with Crippen LogP contribution in [0.2, 0.25) is 5.28 Å². The Morgan fingerprint density at radius 1 is 1.25 bits per heavy atom. The van der Waals surface area contributed by atoms with Crippen molar-refractivity contribution < 1.29 is 0 Å². The molecule has 0 unspecified atom stereocenters. The van der Waals surface area contributed by atoms with E-state index in [2.05, 4.69) is 30.9 Å². The molecule has 5 heteroatoms. The van der Waals surface area contributed by atoms with Crippen molar-refractivity contribution in [1.29, 1.82) is 0 Å². The van der Waals surface area contributed by atoms with E-state index in [1.54, 1.807) is 18.6 Å². The number of halogens is 2. The Labute approximate surface area is 81.9 Å². The summed E-state index contributed by atoms with van der Waals surface area (Å²) in [6.07, 6.45) is 5.00. The largest absolute Gasteiger partial charge is 0.261 e. The summed E-state index contributed by atoms with van der Waals surface area (Å²) in [5.74, 6) is 0. The van der Waals surface area contributed by atoms with E-state index in [1.807, 2.05) is 0 Å².